The number of hydrogen-bond donors (Lipinski definition) is 1. The molecule has 0 aromatic carbocycles. The number of rotatable bonds is 29. The topological polar surface area (TPSA) is 37.3 Å². The minimum atomic E-state index is -0.944. The van der Waals surface area contributed by atoms with Crippen LogP contribution in [-0.4, -0.2) is 11.1 Å². The van der Waals surface area contributed by atoms with Gasteiger partial charge in [0.15, 0.2) is 0 Å². The lowest BCUT2D eigenvalue weighted by Gasteiger charge is -2.03. The minimum absolute atomic E-state index is 0.944. The third-order valence-electron chi connectivity index (χ3n) is 7.02. The van der Waals surface area contributed by atoms with E-state index >= 15 is 0 Å². The molecule has 0 aromatic rings. The molecule has 0 fully saturated rings. The van der Waals surface area contributed by atoms with E-state index in [4.69, 9.17) is 5.11 Å². The minimum Gasteiger partial charge on any atom is -0.478 e. The Morgan fingerprint density at radius 1 is 0.381 bits per heavy atom. The molecule has 0 atom stereocenters. The lowest BCUT2D eigenvalue weighted by atomic mass is 10.0. The molecule has 0 saturated carbocycles. The molecule has 2 heteroatoms. The monoisotopic (exact) mass is 574 g/mol. The van der Waals surface area contributed by atoms with Gasteiger partial charge in [-0.05, 0) is 12.8 Å². The lowest BCUT2D eigenvalue weighted by Crippen LogP contribution is -1.84. The summed E-state index contributed by atoms with van der Waals surface area (Å²) in [5.74, 6) is -0.944. The SMILES string of the molecule is CCCCCCCCCCCCCCCCCCCCC/C=C/C=C/C=C/C=C/C=C/C=C/C=C/C=C/C=C/C(=O)O. The summed E-state index contributed by atoms with van der Waals surface area (Å²) in [6.07, 6.45) is 62.5. The predicted molar refractivity (Wildman–Crippen MR) is 188 cm³/mol. The smallest absolute Gasteiger partial charge is 0.328 e. The fourth-order valence-electron chi connectivity index (χ4n) is 4.55. The van der Waals surface area contributed by atoms with E-state index in [1.807, 2.05) is 60.8 Å². The Bertz CT molecular complexity index is 845. The molecule has 0 saturated heterocycles. The number of allylic oxidation sites excluding steroid dienone is 17. The standard InChI is InChI=1S/C40H62O2/c1-2-3-4-5-6-7-8-9-10-11-12-13-14-15-16-17-18-19-20-21-22-23-24-25-26-27-28-29-30-31-32-33-34-35-36-37-38-39-40(41)42/h22-39H,2-21H2,1H3,(H,41,42)/b23-22+,25-24+,27-26+,29-28+,31-30+,33-32+,35-34+,37-36+,39-38+. The Morgan fingerprint density at radius 2 is 0.643 bits per heavy atom. The van der Waals surface area contributed by atoms with E-state index in [0.29, 0.717) is 0 Å². The summed E-state index contributed by atoms with van der Waals surface area (Å²) in [6.45, 7) is 2.29. The van der Waals surface area contributed by atoms with Gasteiger partial charge in [0.25, 0.3) is 0 Å². The van der Waals surface area contributed by atoms with Crippen molar-refractivity contribution in [2.75, 3.05) is 0 Å². The number of unbranched alkanes of at least 4 members (excludes halogenated alkanes) is 19. The van der Waals surface area contributed by atoms with Crippen LogP contribution in [0.25, 0.3) is 0 Å². The highest BCUT2D eigenvalue weighted by atomic mass is 16.4. The quantitative estimate of drug-likeness (QED) is 0.0548. The largest absolute Gasteiger partial charge is 0.478 e. The number of aliphatic carboxylic acids is 1. The third-order valence-corrected chi connectivity index (χ3v) is 7.02. The predicted octanol–water partition coefficient (Wildman–Crippen LogP) is 12.9. The van der Waals surface area contributed by atoms with Crippen molar-refractivity contribution in [3.63, 3.8) is 0 Å². The summed E-state index contributed by atoms with van der Waals surface area (Å²) in [5, 5.41) is 8.47. The molecule has 234 valence electrons. The first kappa shape index (κ1) is 39.1. The van der Waals surface area contributed by atoms with Gasteiger partial charge in [0.2, 0.25) is 0 Å². The average molecular weight is 575 g/mol. The number of hydrogen-bond acceptors (Lipinski definition) is 1. The molecule has 2 nitrogen and oxygen atoms in total. The van der Waals surface area contributed by atoms with Crippen molar-refractivity contribution in [2.45, 2.75) is 135 Å². The van der Waals surface area contributed by atoms with Gasteiger partial charge in [-0.1, -0.05) is 226 Å². The van der Waals surface area contributed by atoms with Crippen LogP contribution < -0.4 is 0 Å². The van der Waals surface area contributed by atoms with Crippen LogP contribution in [0.3, 0.4) is 0 Å². The second-order valence-corrected chi connectivity index (χ2v) is 11.0. The van der Waals surface area contributed by atoms with E-state index in [-0.39, 0.29) is 0 Å². The highest BCUT2D eigenvalue weighted by Gasteiger charge is 1.95. The molecule has 0 aliphatic heterocycles. The summed E-state index contributed by atoms with van der Waals surface area (Å²) < 4.78 is 0. The van der Waals surface area contributed by atoms with Crippen LogP contribution >= 0.6 is 0 Å². The second-order valence-electron chi connectivity index (χ2n) is 11.0. The van der Waals surface area contributed by atoms with E-state index in [2.05, 4.69) is 31.2 Å². The van der Waals surface area contributed by atoms with Crippen molar-refractivity contribution < 1.29 is 9.90 Å². The van der Waals surface area contributed by atoms with E-state index in [9.17, 15) is 4.79 Å². The maximum Gasteiger partial charge on any atom is 0.328 e. The highest BCUT2D eigenvalue weighted by molar-refractivity contribution is 5.80. The molecular formula is C40H62O2. The normalized spacial score (nSPS) is 13.2. The molecule has 0 rings (SSSR count). The molecule has 0 amide bonds. The van der Waals surface area contributed by atoms with Gasteiger partial charge in [-0.15, -0.1) is 0 Å². The van der Waals surface area contributed by atoms with Crippen molar-refractivity contribution in [3.05, 3.63) is 109 Å². The molecule has 0 heterocycles. The Hall–Kier alpha value is -2.87. The molecule has 0 aliphatic rings. The molecular weight excluding hydrogens is 512 g/mol. The van der Waals surface area contributed by atoms with Gasteiger partial charge in [-0.25, -0.2) is 4.79 Å². The van der Waals surface area contributed by atoms with Crippen LogP contribution in [0.1, 0.15) is 135 Å². The zero-order chi connectivity index (χ0) is 30.4. The van der Waals surface area contributed by atoms with Crippen molar-refractivity contribution in [1.29, 1.82) is 0 Å². The number of carboxylic acids is 1. The zero-order valence-corrected chi connectivity index (χ0v) is 26.9. The van der Waals surface area contributed by atoms with E-state index < -0.39 is 5.97 Å². The van der Waals surface area contributed by atoms with Gasteiger partial charge in [-0.3, -0.25) is 0 Å². The summed E-state index contributed by atoms with van der Waals surface area (Å²) in [7, 11) is 0. The molecule has 0 aromatic heterocycles. The first-order valence-corrected chi connectivity index (χ1v) is 17.0. The summed E-state index contributed by atoms with van der Waals surface area (Å²) >= 11 is 0. The van der Waals surface area contributed by atoms with Gasteiger partial charge in [0.1, 0.15) is 0 Å². The maximum absolute atomic E-state index is 10.3. The fourth-order valence-corrected chi connectivity index (χ4v) is 4.55. The van der Waals surface area contributed by atoms with Crippen molar-refractivity contribution in [2.24, 2.45) is 0 Å². The third kappa shape index (κ3) is 37.1. The number of carboxylic acid groups (broad SMARTS) is 1. The Labute approximate surface area is 260 Å². The maximum atomic E-state index is 10.3. The lowest BCUT2D eigenvalue weighted by molar-refractivity contribution is -0.131. The highest BCUT2D eigenvalue weighted by Crippen LogP contribution is 2.14. The van der Waals surface area contributed by atoms with Crippen molar-refractivity contribution in [1.82, 2.24) is 0 Å². The van der Waals surface area contributed by atoms with E-state index in [0.717, 1.165) is 6.08 Å². The van der Waals surface area contributed by atoms with Gasteiger partial charge in [0, 0.05) is 6.08 Å². The van der Waals surface area contributed by atoms with Gasteiger partial charge >= 0.3 is 5.97 Å². The van der Waals surface area contributed by atoms with Crippen molar-refractivity contribution in [3.8, 4) is 0 Å². The number of carbonyl (C=O) groups is 1. The summed E-state index contributed by atoms with van der Waals surface area (Å²) in [6, 6.07) is 0. The van der Waals surface area contributed by atoms with Crippen LogP contribution in [0.2, 0.25) is 0 Å². The van der Waals surface area contributed by atoms with Crippen LogP contribution in [0.15, 0.2) is 109 Å². The van der Waals surface area contributed by atoms with Gasteiger partial charge < -0.3 is 5.11 Å². The molecule has 0 unspecified atom stereocenters. The average Bonchev–Trinajstić information content (AvgIpc) is 2.98. The molecule has 0 bridgehead atoms. The van der Waals surface area contributed by atoms with Crippen molar-refractivity contribution >= 4 is 5.97 Å². The van der Waals surface area contributed by atoms with Gasteiger partial charge in [-0.2, -0.15) is 0 Å². The first-order chi connectivity index (χ1) is 20.8. The Morgan fingerprint density at radius 3 is 0.952 bits per heavy atom. The molecule has 0 spiro atoms. The van der Waals surface area contributed by atoms with Crippen LogP contribution in [-0.2, 0) is 4.79 Å². The molecule has 0 radical (unpaired) electrons. The van der Waals surface area contributed by atoms with E-state index in [1.54, 1.807) is 12.2 Å². The summed E-state index contributed by atoms with van der Waals surface area (Å²) in [5.41, 5.74) is 0. The van der Waals surface area contributed by atoms with Crippen LogP contribution in [0.5, 0.6) is 0 Å². The van der Waals surface area contributed by atoms with Crippen LogP contribution in [0, 0.1) is 0 Å². The molecule has 42 heavy (non-hydrogen) atoms. The van der Waals surface area contributed by atoms with Gasteiger partial charge in [0.05, 0.1) is 0 Å². The fraction of sp³-hybridized carbons (Fsp3) is 0.525. The second kappa shape index (κ2) is 36.2. The Kier molecular flexibility index (Phi) is 33.7. The van der Waals surface area contributed by atoms with Crippen LogP contribution in [0.4, 0.5) is 0 Å². The summed E-state index contributed by atoms with van der Waals surface area (Å²) in [4.78, 5) is 10.3. The zero-order valence-electron chi connectivity index (χ0n) is 26.9. The first-order valence-electron chi connectivity index (χ1n) is 17.0. The Balaban J connectivity index is 3.46. The molecule has 0 aliphatic carbocycles. The van der Waals surface area contributed by atoms with E-state index in [1.165, 1.54) is 134 Å². The molecule has 1 N–H and O–H groups in total.